The highest BCUT2D eigenvalue weighted by Crippen LogP contribution is 2.23. The number of quaternary nitrogens is 1. The number of hydrogen-bond acceptors (Lipinski definition) is 3. The van der Waals surface area contributed by atoms with Gasteiger partial charge in [-0.15, -0.1) is 0 Å². The number of nitrogens with zero attached hydrogens (tertiary/aromatic N) is 3. The van der Waals surface area contributed by atoms with Crippen LogP contribution in [0.4, 0.5) is 0 Å². The monoisotopic (exact) mass is 266 g/mol. The molecule has 0 spiro atoms. The Morgan fingerprint density at radius 2 is 2.05 bits per heavy atom. The Morgan fingerprint density at radius 1 is 1.25 bits per heavy atom. The topological polar surface area (TPSA) is 42.3 Å². The van der Waals surface area contributed by atoms with E-state index in [0.717, 1.165) is 17.4 Å². The third-order valence-corrected chi connectivity index (χ3v) is 3.69. The number of carbonyl (C=O) groups excluding carboxylic acids is 1. The molecular formula is C16H16N3O+. The lowest BCUT2D eigenvalue weighted by Crippen LogP contribution is -2.34. The number of carbonyl (C=O) groups is 1. The Morgan fingerprint density at radius 3 is 2.80 bits per heavy atom. The number of hydrogen-bond donors (Lipinski definition) is 0. The summed E-state index contributed by atoms with van der Waals surface area (Å²) in [6.07, 6.45) is 5.37. The van der Waals surface area contributed by atoms with E-state index >= 15 is 0 Å². The molecule has 20 heavy (non-hydrogen) atoms. The van der Waals surface area contributed by atoms with Crippen molar-refractivity contribution in [3.8, 4) is 0 Å². The van der Waals surface area contributed by atoms with Crippen molar-refractivity contribution in [1.82, 2.24) is 4.98 Å². The van der Waals surface area contributed by atoms with Gasteiger partial charge in [0, 0.05) is 17.1 Å². The molecule has 0 N–H and O–H groups in total. The molecule has 0 saturated carbocycles. The van der Waals surface area contributed by atoms with Gasteiger partial charge >= 0.3 is 0 Å². The summed E-state index contributed by atoms with van der Waals surface area (Å²) in [5.74, 6) is -0.0462. The zero-order valence-electron chi connectivity index (χ0n) is 11.6. The number of aliphatic imine (C=N–C) groups is 1. The van der Waals surface area contributed by atoms with Crippen LogP contribution in [0.25, 0.3) is 10.9 Å². The predicted molar refractivity (Wildman–Crippen MR) is 79.4 cm³/mol. The molecule has 100 valence electrons. The van der Waals surface area contributed by atoms with Crippen LogP contribution in [0.3, 0.4) is 0 Å². The maximum atomic E-state index is 12.6. The van der Waals surface area contributed by atoms with Gasteiger partial charge in [-0.25, -0.2) is 0 Å². The van der Waals surface area contributed by atoms with E-state index in [0.29, 0.717) is 15.7 Å². The lowest BCUT2D eigenvalue weighted by molar-refractivity contribution is -0.754. The average molecular weight is 266 g/mol. The summed E-state index contributed by atoms with van der Waals surface area (Å²) in [5, 5.41) is 0.869. The van der Waals surface area contributed by atoms with Crippen molar-refractivity contribution in [2.24, 2.45) is 4.99 Å². The van der Waals surface area contributed by atoms with E-state index in [4.69, 9.17) is 0 Å². The second kappa shape index (κ2) is 4.65. The second-order valence-electron chi connectivity index (χ2n) is 5.13. The minimum atomic E-state index is -0.0462. The fourth-order valence-electron chi connectivity index (χ4n) is 2.26. The molecule has 1 atom stereocenters. The molecular weight excluding hydrogens is 250 g/mol. The molecule has 1 unspecified atom stereocenters. The van der Waals surface area contributed by atoms with Crippen LogP contribution in [0.5, 0.6) is 0 Å². The first-order valence-corrected chi connectivity index (χ1v) is 6.64. The molecule has 3 rings (SSSR count). The highest BCUT2D eigenvalue weighted by Gasteiger charge is 2.27. The summed E-state index contributed by atoms with van der Waals surface area (Å²) in [5.41, 5.74) is 1.99. The second-order valence-corrected chi connectivity index (χ2v) is 5.13. The molecule has 1 aromatic heterocycles. The average Bonchev–Trinajstić information content (AvgIpc) is 2.89. The molecule has 0 aliphatic carbocycles. The largest absolute Gasteiger partial charge is 0.287 e. The first kappa shape index (κ1) is 12.7. The number of allylic oxidation sites excluding steroid dienone is 1. The maximum Gasteiger partial charge on any atom is 0.217 e. The fourth-order valence-corrected chi connectivity index (χ4v) is 2.26. The number of fused-ring (bicyclic) bond motifs is 1. The highest BCUT2D eigenvalue weighted by atomic mass is 16.1. The standard InChI is InChI=1S/C16H16N3O/c1-3-19(2)10-15(18-11-19)16(20)13-8-9-17-14-7-5-4-6-12(13)14/h4-11H,3H2,1-2H3/q+1. The first-order valence-electron chi connectivity index (χ1n) is 6.64. The molecule has 2 aromatic rings. The molecule has 0 fully saturated rings. The van der Waals surface area contributed by atoms with Crippen molar-refractivity contribution in [1.29, 1.82) is 0 Å². The van der Waals surface area contributed by atoms with Gasteiger partial charge in [-0.3, -0.25) is 14.3 Å². The van der Waals surface area contributed by atoms with Crippen molar-refractivity contribution in [3.05, 3.63) is 54.0 Å². The third kappa shape index (κ3) is 2.04. The maximum absolute atomic E-state index is 12.6. The van der Waals surface area contributed by atoms with E-state index in [1.807, 2.05) is 37.5 Å². The van der Waals surface area contributed by atoms with Crippen LogP contribution in [0.2, 0.25) is 0 Å². The molecule has 1 aromatic carbocycles. The van der Waals surface area contributed by atoms with Gasteiger partial charge in [0.15, 0.2) is 12.0 Å². The van der Waals surface area contributed by atoms with E-state index in [1.165, 1.54) is 0 Å². The molecule has 1 aliphatic heterocycles. The highest BCUT2D eigenvalue weighted by molar-refractivity contribution is 6.16. The first-order chi connectivity index (χ1) is 9.63. The SMILES string of the molecule is CC[N+]1(C)C=NC(C(=O)c2ccnc3ccccc23)=C1. The summed E-state index contributed by atoms with van der Waals surface area (Å²) in [7, 11) is 2.02. The number of aromatic nitrogens is 1. The molecule has 0 bridgehead atoms. The van der Waals surface area contributed by atoms with Gasteiger partial charge in [-0.1, -0.05) is 18.2 Å². The summed E-state index contributed by atoms with van der Waals surface area (Å²) < 4.78 is 0.560. The van der Waals surface area contributed by atoms with Crippen LogP contribution in [0.15, 0.2) is 53.4 Å². The third-order valence-electron chi connectivity index (χ3n) is 3.69. The van der Waals surface area contributed by atoms with Gasteiger partial charge in [-0.2, -0.15) is 4.99 Å². The zero-order chi connectivity index (χ0) is 14.2. The minimum absolute atomic E-state index is 0.0462. The molecule has 0 saturated heterocycles. The van der Waals surface area contributed by atoms with Gasteiger partial charge < -0.3 is 0 Å². The van der Waals surface area contributed by atoms with Crippen molar-refractivity contribution in [2.75, 3.05) is 13.6 Å². The van der Waals surface area contributed by atoms with Crippen molar-refractivity contribution in [3.63, 3.8) is 0 Å². The lowest BCUT2D eigenvalue weighted by atomic mass is 10.0. The van der Waals surface area contributed by atoms with E-state index in [2.05, 4.69) is 16.9 Å². The van der Waals surface area contributed by atoms with E-state index < -0.39 is 0 Å². The Bertz CT molecular complexity index is 743. The fraction of sp³-hybridized carbons (Fsp3) is 0.188. The van der Waals surface area contributed by atoms with Crippen LogP contribution < -0.4 is 0 Å². The van der Waals surface area contributed by atoms with E-state index in [-0.39, 0.29) is 5.78 Å². The quantitative estimate of drug-likeness (QED) is 0.633. The Labute approximate surface area is 117 Å². The predicted octanol–water partition coefficient (Wildman–Crippen LogP) is 2.77. The summed E-state index contributed by atoms with van der Waals surface area (Å²) in [6, 6.07) is 9.42. The van der Waals surface area contributed by atoms with Crippen molar-refractivity contribution < 1.29 is 9.28 Å². The van der Waals surface area contributed by atoms with Crippen LogP contribution in [-0.2, 0) is 0 Å². The van der Waals surface area contributed by atoms with Crippen molar-refractivity contribution >= 4 is 23.0 Å². The molecule has 0 amide bonds. The normalized spacial score (nSPS) is 21.2. The number of Topliss-reactive ketones (excluding diaryl/α,β-unsaturated/α-hetero) is 1. The van der Waals surface area contributed by atoms with Crippen LogP contribution in [0, 0.1) is 0 Å². The van der Waals surface area contributed by atoms with Gasteiger partial charge in [-0.05, 0) is 19.1 Å². The Kier molecular flexibility index (Phi) is 2.95. The molecule has 2 heterocycles. The number of ketones is 1. The number of pyridine rings is 1. The van der Waals surface area contributed by atoms with Crippen LogP contribution >= 0.6 is 0 Å². The molecule has 0 radical (unpaired) electrons. The van der Waals surface area contributed by atoms with E-state index in [9.17, 15) is 4.79 Å². The summed E-state index contributed by atoms with van der Waals surface area (Å²) in [6.45, 7) is 2.94. The summed E-state index contributed by atoms with van der Waals surface area (Å²) in [4.78, 5) is 21.2. The number of rotatable bonds is 3. The zero-order valence-corrected chi connectivity index (χ0v) is 11.6. The number of para-hydroxylation sites is 1. The molecule has 4 nitrogen and oxygen atoms in total. The van der Waals surface area contributed by atoms with E-state index in [1.54, 1.807) is 18.6 Å². The lowest BCUT2D eigenvalue weighted by Gasteiger charge is -2.18. The smallest absolute Gasteiger partial charge is 0.217 e. The minimum Gasteiger partial charge on any atom is -0.287 e. The molecule has 4 heteroatoms. The Hall–Kier alpha value is -2.33. The van der Waals surface area contributed by atoms with Gasteiger partial charge in [0.25, 0.3) is 0 Å². The van der Waals surface area contributed by atoms with Crippen LogP contribution in [-0.4, -0.2) is 35.2 Å². The number of benzene rings is 1. The molecule has 1 aliphatic rings. The van der Waals surface area contributed by atoms with Gasteiger partial charge in [0.1, 0.15) is 6.20 Å². The summed E-state index contributed by atoms with van der Waals surface area (Å²) >= 11 is 0. The Balaban J connectivity index is 2.07. The van der Waals surface area contributed by atoms with Gasteiger partial charge in [0.2, 0.25) is 5.78 Å². The van der Waals surface area contributed by atoms with Crippen LogP contribution in [0.1, 0.15) is 17.3 Å². The van der Waals surface area contributed by atoms with Crippen molar-refractivity contribution in [2.45, 2.75) is 6.92 Å². The van der Waals surface area contributed by atoms with Gasteiger partial charge in [0.05, 0.1) is 19.1 Å².